The van der Waals surface area contributed by atoms with Crippen LogP contribution < -0.4 is 16.0 Å². The molecule has 3 fully saturated rings. The Morgan fingerprint density at radius 3 is 0.633 bits per heavy atom. The maximum Gasteiger partial charge on any atom is 0.192 e. The van der Waals surface area contributed by atoms with Gasteiger partial charge in [0.2, 0.25) is 0 Å². The first-order valence-electron chi connectivity index (χ1n) is 32.8. The molecule has 0 aromatic heterocycles. The Labute approximate surface area is 545 Å². The Bertz CT molecular complexity index is 2600. The molecule has 15 heteroatoms. The van der Waals surface area contributed by atoms with Crippen LogP contribution in [0.1, 0.15) is 95.7 Å². The number of nitrogens with one attached hydrogen (secondary N) is 3. The second-order valence-corrected chi connectivity index (χ2v) is 43.6. The summed E-state index contributed by atoms with van der Waals surface area (Å²) in [6, 6.07) is 63.1. The van der Waals surface area contributed by atoms with Gasteiger partial charge in [-0.15, -0.1) is 0 Å². The van der Waals surface area contributed by atoms with Crippen LogP contribution in [-0.2, 0) is 81.3 Å². The number of hydrogen-bond acceptors (Lipinski definition) is 12. The van der Waals surface area contributed by atoms with E-state index in [-0.39, 0.29) is 69.7 Å². The zero-order valence-electron chi connectivity index (χ0n) is 57.2. The van der Waals surface area contributed by atoms with Crippen LogP contribution in [0.25, 0.3) is 0 Å². The summed E-state index contributed by atoms with van der Waals surface area (Å²) in [6.07, 6.45) is 0.266. The summed E-state index contributed by atoms with van der Waals surface area (Å²) in [7, 11) is -5.35. The molecule has 6 aromatic carbocycles. The topological polar surface area (TPSA) is 119 Å². The van der Waals surface area contributed by atoms with E-state index in [4.69, 9.17) is 41.7 Å². The molecule has 90 heavy (non-hydrogen) atoms. The summed E-state index contributed by atoms with van der Waals surface area (Å²) in [4.78, 5) is 0. The lowest BCUT2D eigenvalue weighted by atomic mass is 9.94. The van der Waals surface area contributed by atoms with Crippen LogP contribution >= 0.6 is 0 Å². The molecule has 3 aliphatic heterocycles. The van der Waals surface area contributed by atoms with Gasteiger partial charge >= 0.3 is 0 Å². The molecule has 0 spiro atoms. The van der Waals surface area contributed by atoms with Crippen LogP contribution in [0.4, 0.5) is 0 Å². The Hall–Kier alpha value is -4.51. The molecule has 0 aliphatic carbocycles. The highest BCUT2D eigenvalue weighted by molar-refractivity contribution is 6.74. The molecule has 12 nitrogen and oxygen atoms in total. The largest absolute Gasteiger partial charge is 0.415 e. The van der Waals surface area contributed by atoms with Gasteiger partial charge in [-0.2, -0.15) is 0 Å². The summed E-state index contributed by atoms with van der Waals surface area (Å²) in [5, 5.41) is 11.5. The Balaban J connectivity index is 0.000000192. The van der Waals surface area contributed by atoms with Crippen molar-refractivity contribution in [2.24, 2.45) is 0 Å². The smallest absolute Gasteiger partial charge is 0.192 e. The zero-order chi connectivity index (χ0) is 64.8. The highest BCUT2D eigenvalue weighted by Gasteiger charge is 2.47. The van der Waals surface area contributed by atoms with Crippen molar-refractivity contribution in [3.63, 3.8) is 0 Å². The minimum Gasteiger partial charge on any atom is -0.415 e. The van der Waals surface area contributed by atoms with E-state index in [1.165, 1.54) is 33.4 Å². The van der Waals surface area contributed by atoms with Crippen molar-refractivity contribution in [3.8, 4) is 0 Å². The van der Waals surface area contributed by atoms with Crippen LogP contribution in [0.5, 0.6) is 0 Å². The van der Waals surface area contributed by atoms with Crippen molar-refractivity contribution in [2.75, 3.05) is 39.6 Å². The van der Waals surface area contributed by atoms with Gasteiger partial charge in [0.1, 0.15) is 0 Å². The molecule has 3 N–H and O–H groups in total. The fourth-order valence-corrected chi connectivity index (χ4v) is 13.0. The third-order valence-electron chi connectivity index (χ3n) is 19.0. The molecule has 3 saturated heterocycles. The summed E-state index contributed by atoms with van der Waals surface area (Å²) in [5.74, 6) is 0. The van der Waals surface area contributed by atoms with Gasteiger partial charge in [-0.1, -0.05) is 244 Å². The molecule has 0 bridgehead atoms. The molecule has 6 aromatic rings. The Morgan fingerprint density at radius 1 is 0.267 bits per heavy atom. The fraction of sp³-hybridized carbons (Fsp3) is 0.520. The van der Waals surface area contributed by atoms with Gasteiger partial charge in [-0.3, -0.25) is 0 Å². The average Bonchev–Trinajstić information content (AvgIpc) is 0.875. The highest BCUT2D eigenvalue weighted by Crippen LogP contribution is 2.39. The lowest BCUT2D eigenvalue weighted by Crippen LogP contribution is -2.70. The lowest BCUT2D eigenvalue weighted by Gasteiger charge is -2.47. The van der Waals surface area contributed by atoms with Crippen molar-refractivity contribution >= 4 is 25.0 Å². The second kappa shape index (κ2) is 34.6. The Morgan fingerprint density at radius 2 is 0.444 bits per heavy atom. The molecular weight excluding hydrogens is 1170 g/mol. The molecule has 0 saturated carbocycles. The number of ether oxygens (including phenoxy) is 6. The molecule has 492 valence electrons. The number of hydrogen-bond donors (Lipinski definition) is 3. The molecule has 3 heterocycles. The quantitative estimate of drug-likeness (QED) is 0.0373. The highest BCUT2D eigenvalue weighted by atomic mass is 28.4. The Kier molecular flexibility index (Phi) is 28.0. The van der Waals surface area contributed by atoms with E-state index < -0.39 is 25.0 Å². The minimum absolute atomic E-state index is 0.0887. The van der Waals surface area contributed by atoms with Gasteiger partial charge in [-0.25, -0.2) is 0 Å². The van der Waals surface area contributed by atoms with E-state index in [0.717, 1.165) is 0 Å². The van der Waals surface area contributed by atoms with E-state index >= 15 is 0 Å². The van der Waals surface area contributed by atoms with Gasteiger partial charge < -0.3 is 57.6 Å². The van der Waals surface area contributed by atoms with Gasteiger partial charge in [-0.05, 0) is 87.8 Å². The monoisotopic (exact) mass is 1280 g/mol. The molecule has 9 atom stereocenters. The van der Waals surface area contributed by atoms with E-state index in [1.807, 2.05) is 72.8 Å². The van der Waals surface area contributed by atoms with Crippen molar-refractivity contribution in [1.82, 2.24) is 16.0 Å². The van der Waals surface area contributed by atoms with Crippen LogP contribution in [0.3, 0.4) is 0 Å². The van der Waals surface area contributed by atoms with E-state index in [1.54, 1.807) is 0 Å². The molecular formula is C75H111N3O9Si3. The fourth-order valence-electron chi connectivity index (χ4n) is 9.91. The minimum atomic E-state index is -1.78. The van der Waals surface area contributed by atoms with Crippen molar-refractivity contribution in [2.45, 2.75) is 211 Å². The number of benzene rings is 6. The third-order valence-corrected chi connectivity index (χ3v) is 32.5. The second-order valence-electron chi connectivity index (χ2n) is 29.1. The average molecular weight is 1280 g/mol. The van der Waals surface area contributed by atoms with Gasteiger partial charge in [0.15, 0.2) is 25.0 Å². The van der Waals surface area contributed by atoms with Crippen LogP contribution in [-0.4, -0.2) is 119 Å². The first-order valence-corrected chi connectivity index (χ1v) is 41.5. The molecule has 9 rings (SSSR count). The molecule has 0 amide bonds. The SMILES string of the molecule is CC(C)(C)[Si](C)(C)OC[C@@H]1N[C@@H](COCc2ccccc2)[C@@H]1OCc1ccccc1.CC(C)(C)[Si](C)(C)OC[C@H]1N[C@@H](COCc2ccccc2)[C@@H]1OCc1ccccc1.CC(C)(C)[Si](C)(C)OC[C@H]1N[C@H](COCc2ccccc2)[C@H]1OCc1ccccc1. The summed E-state index contributed by atoms with van der Waals surface area (Å²) >= 11 is 0. The van der Waals surface area contributed by atoms with Crippen LogP contribution in [0.2, 0.25) is 54.4 Å². The predicted octanol–water partition coefficient (Wildman–Crippen LogP) is 15.5. The summed E-state index contributed by atoms with van der Waals surface area (Å²) < 4.78 is 56.3. The summed E-state index contributed by atoms with van der Waals surface area (Å²) in [6.45, 7) is 41.9. The van der Waals surface area contributed by atoms with E-state index in [9.17, 15) is 0 Å². The molecule has 0 radical (unpaired) electrons. The third kappa shape index (κ3) is 22.9. The first kappa shape index (κ1) is 72.9. The van der Waals surface area contributed by atoms with E-state index in [0.29, 0.717) is 79.3 Å². The summed E-state index contributed by atoms with van der Waals surface area (Å²) in [5.41, 5.74) is 7.15. The van der Waals surface area contributed by atoms with Crippen molar-refractivity contribution < 1.29 is 41.7 Å². The van der Waals surface area contributed by atoms with Crippen LogP contribution in [0, 0.1) is 0 Å². The molecule has 3 aliphatic rings. The maximum atomic E-state index is 6.46. The number of rotatable bonds is 30. The predicted molar refractivity (Wildman–Crippen MR) is 375 cm³/mol. The normalized spacial score (nSPS) is 22.0. The molecule has 0 unspecified atom stereocenters. The standard InChI is InChI=1S/3C25H37NO3Si/c3*1-25(2,3)30(4,5)29-19-23-24(28-17-21-14-10-7-11-15-21)22(26-23)18-27-16-20-12-8-6-9-13-20/h3*6-15,22-24,26H,16-19H2,1-5H3/t22-,23+,24-;2*22-,23-,24-/m010/s1. The van der Waals surface area contributed by atoms with Crippen molar-refractivity contribution in [1.29, 1.82) is 0 Å². The lowest BCUT2D eigenvalue weighted by molar-refractivity contribution is -0.0987. The van der Waals surface area contributed by atoms with Gasteiger partial charge in [0.05, 0.1) is 134 Å². The maximum absolute atomic E-state index is 6.46. The van der Waals surface area contributed by atoms with Crippen molar-refractivity contribution in [3.05, 3.63) is 215 Å². The van der Waals surface area contributed by atoms with Gasteiger partial charge in [0.25, 0.3) is 0 Å². The first-order chi connectivity index (χ1) is 42.8. The van der Waals surface area contributed by atoms with Gasteiger partial charge in [0, 0.05) is 0 Å². The van der Waals surface area contributed by atoms with E-state index in [2.05, 4.69) is 227 Å². The zero-order valence-corrected chi connectivity index (χ0v) is 60.2. The van der Waals surface area contributed by atoms with Crippen LogP contribution in [0.15, 0.2) is 182 Å².